The van der Waals surface area contributed by atoms with Crippen molar-refractivity contribution in [2.45, 2.75) is 6.92 Å². The van der Waals surface area contributed by atoms with E-state index in [-0.39, 0.29) is 27.9 Å². The molecule has 1 heterocycles. The standard InChI is InChI=1S/C15H9F2IN2O3/c1-6-8-5-9(15(21)22)13(12(17)14(8)23-20-6)19-11-3-2-7(18)4-10(11)16/h2-5,19H,1H3,(H,21,22). The highest BCUT2D eigenvalue weighted by molar-refractivity contribution is 14.1. The summed E-state index contributed by atoms with van der Waals surface area (Å²) in [5, 5.41) is 15.7. The summed E-state index contributed by atoms with van der Waals surface area (Å²) in [6.45, 7) is 1.57. The summed E-state index contributed by atoms with van der Waals surface area (Å²) in [7, 11) is 0. The number of nitrogens with one attached hydrogen (secondary N) is 1. The Balaban J connectivity index is 2.21. The number of carbonyl (C=O) groups is 1. The first-order chi connectivity index (χ1) is 10.9. The van der Waals surface area contributed by atoms with E-state index in [2.05, 4.69) is 10.5 Å². The van der Waals surface area contributed by atoms with Gasteiger partial charge < -0.3 is 14.9 Å². The van der Waals surface area contributed by atoms with Gasteiger partial charge in [-0.1, -0.05) is 5.16 Å². The van der Waals surface area contributed by atoms with Gasteiger partial charge in [0.2, 0.25) is 5.58 Å². The number of fused-ring (bicyclic) bond motifs is 1. The fraction of sp³-hybridized carbons (Fsp3) is 0.0667. The molecule has 23 heavy (non-hydrogen) atoms. The van der Waals surface area contributed by atoms with Gasteiger partial charge >= 0.3 is 5.97 Å². The van der Waals surface area contributed by atoms with Crippen molar-refractivity contribution in [3.8, 4) is 0 Å². The number of aromatic carboxylic acids is 1. The number of rotatable bonds is 3. The molecule has 0 spiro atoms. The van der Waals surface area contributed by atoms with Gasteiger partial charge in [-0.25, -0.2) is 13.6 Å². The average molecular weight is 430 g/mol. The van der Waals surface area contributed by atoms with Gasteiger partial charge in [0, 0.05) is 8.96 Å². The lowest BCUT2D eigenvalue weighted by Gasteiger charge is -2.12. The van der Waals surface area contributed by atoms with E-state index in [0.717, 1.165) is 0 Å². The van der Waals surface area contributed by atoms with E-state index in [1.165, 1.54) is 18.2 Å². The van der Waals surface area contributed by atoms with Gasteiger partial charge in [0.1, 0.15) is 5.82 Å². The third kappa shape index (κ3) is 2.74. The van der Waals surface area contributed by atoms with E-state index >= 15 is 0 Å². The Kier molecular flexibility index (Phi) is 3.92. The van der Waals surface area contributed by atoms with Crippen molar-refractivity contribution in [3.63, 3.8) is 0 Å². The molecule has 0 aliphatic heterocycles. The molecule has 3 aromatic rings. The Labute approximate surface area is 142 Å². The normalized spacial score (nSPS) is 11.0. The molecule has 0 unspecified atom stereocenters. The minimum Gasteiger partial charge on any atom is -0.478 e. The first kappa shape index (κ1) is 15.7. The SMILES string of the molecule is Cc1noc2c(F)c(Nc3ccc(I)cc3F)c(C(=O)O)cc12. The van der Waals surface area contributed by atoms with Gasteiger partial charge in [-0.2, -0.15) is 0 Å². The van der Waals surface area contributed by atoms with Gasteiger partial charge in [0.15, 0.2) is 5.82 Å². The maximum atomic E-state index is 14.6. The Morgan fingerprint density at radius 2 is 2.09 bits per heavy atom. The summed E-state index contributed by atoms with van der Waals surface area (Å²) in [6.07, 6.45) is 0. The number of carboxylic acids is 1. The van der Waals surface area contributed by atoms with Gasteiger partial charge in [0.25, 0.3) is 0 Å². The summed E-state index contributed by atoms with van der Waals surface area (Å²) < 4.78 is 34.1. The summed E-state index contributed by atoms with van der Waals surface area (Å²) in [5.41, 5.74) is -0.558. The second-order valence-corrected chi connectivity index (χ2v) is 6.06. The number of halogens is 3. The fourth-order valence-electron chi connectivity index (χ4n) is 2.17. The van der Waals surface area contributed by atoms with Crippen molar-refractivity contribution in [2.24, 2.45) is 0 Å². The first-order valence-corrected chi connectivity index (χ1v) is 7.50. The van der Waals surface area contributed by atoms with Crippen molar-refractivity contribution in [3.05, 3.63) is 50.7 Å². The molecule has 3 rings (SSSR count). The highest BCUT2D eigenvalue weighted by atomic mass is 127. The molecule has 0 aliphatic rings. The van der Waals surface area contributed by atoms with Crippen LogP contribution in [-0.4, -0.2) is 16.2 Å². The van der Waals surface area contributed by atoms with Crippen LogP contribution in [0.2, 0.25) is 0 Å². The summed E-state index contributed by atoms with van der Waals surface area (Å²) in [6, 6.07) is 5.51. The van der Waals surface area contributed by atoms with Crippen LogP contribution in [0.4, 0.5) is 20.2 Å². The molecule has 0 saturated heterocycles. The molecule has 0 bridgehead atoms. The quantitative estimate of drug-likeness (QED) is 0.601. The topological polar surface area (TPSA) is 75.4 Å². The van der Waals surface area contributed by atoms with Crippen LogP contribution in [0.25, 0.3) is 11.0 Å². The zero-order valence-corrected chi connectivity index (χ0v) is 13.8. The molecule has 0 amide bonds. The molecule has 0 aliphatic carbocycles. The molecule has 8 heteroatoms. The summed E-state index contributed by atoms with van der Waals surface area (Å²) >= 11 is 1.93. The molecule has 0 atom stereocenters. The van der Waals surface area contributed by atoms with Crippen molar-refractivity contribution in [1.82, 2.24) is 5.16 Å². The average Bonchev–Trinajstić information content (AvgIpc) is 2.85. The third-order valence-corrected chi connectivity index (χ3v) is 3.98. The van der Waals surface area contributed by atoms with E-state index in [1.807, 2.05) is 22.6 Å². The smallest absolute Gasteiger partial charge is 0.337 e. The summed E-state index contributed by atoms with van der Waals surface area (Å²) in [5.74, 6) is -2.90. The molecular formula is C15H9F2IN2O3. The van der Waals surface area contributed by atoms with Crippen LogP contribution in [0.3, 0.4) is 0 Å². The molecule has 118 valence electrons. The predicted octanol–water partition coefficient (Wildman–Crippen LogP) is 4.46. The Bertz CT molecular complexity index is 940. The number of nitrogens with zero attached hydrogens (tertiary/aromatic N) is 1. The third-order valence-electron chi connectivity index (χ3n) is 3.31. The predicted molar refractivity (Wildman–Crippen MR) is 88.1 cm³/mol. The second-order valence-electron chi connectivity index (χ2n) is 4.81. The highest BCUT2D eigenvalue weighted by Gasteiger charge is 2.23. The molecule has 0 saturated carbocycles. The number of hydrogen-bond donors (Lipinski definition) is 2. The van der Waals surface area contributed by atoms with E-state index in [9.17, 15) is 18.7 Å². The monoisotopic (exact) mass is 430 g/mol. The number of hydrogen-bond acceptors (Lipinski definition) is 4. The minimum absolute atomic E-state index is 0.0394. The second kappa shape index (κ2) is 5.76. The van der Waals surface area contributed by atoms with E-state index in [4.69, 9.17) is 4.52 Å². The van der Waals surface area contributed by atoms with Crippen molar-refractivity contribution < 1.29 is 23.2 Å². The van der Waals surface area contributed by atoms with Gasteiger partial charge in [0.05, 0.1) is 22.6 Å². The van der Waals surface area contributed by atoms with Crippen LogP contribution in [0.15, 0.2) is 28.8 Å². The van der Waals surface area contributed by atoms with Crippen LogP contribution in [0.5, 0.6) is 0 Å². The first-order valence-electron chi connectivity index (χ1n) is 6.42. The minimum atomic E-state index is -1.35. The maximum absolute atomic E-state index is 14.6. The Morgan fingerprint density at radius 3 is 2.74 bits per heavy atom. The van der Waals surface area contributed by atoms with Crippen LogP contribution in [0.1, 0.15) is 16.1 Å². The van der Waals surface area contributed by atoms with Gasteiger partial charge in [-0.05, 0) is 53.8 Å². The molecular weight excluding hydrogens is 421 g/mol. The van der Waals surface area contributed by atoms with Crippen LogP contribution < -0.4 is 5.32 Å². The van der Waals surface area contributed by atoms with Crippen LogP contribution in [-0.2, 0) is 0 Å². The van der Waals surface area contributed by atoms with E-state index in [1.54, 1.807) is 13.0 Å². The zero-order chi connectivity index (χ0) is 16.7. The molecule has 0 fully saturated rings. The molecule has 2 aromatic carbocycles. The van der Waals surface area contributed by atoms with E-state index < -0.39 is 17.6 Å². The number of aryl methyl sites for hydroxylation is 1. The lowest BCUT2D eigenvalue weighted by Crippen LogP contribution is -2.06. The highest BCUT2D eigenvalue weighted by Crippen LogP contribution is 2.33. The van der Waals surface area contributed by atoms with Crippen LogP contribution >= 0.6 is 22.6 Å². The number of carboxylic acid groups (broad SMARTS) is 1. The number of aromatic nitrogens is 1. The van der Waals surface area contributed by atoms with Crippen molar-refractivity contribution in [1.29, 1.82) is 0 Å². The fourth-order valence-corrected chi connectivity index (χ4v) is 2.62. The number of anilines is 2. The molecule has 0 radical (unpaired) electrons. The maximum Gasteiger partial charge on any atom is 0.337 e. The lowest BCUT2D eigenvalue weighted by atomic mass is 10.1. The van der Waals surface area contributed by atoms with Gasteiger partial charge in [-0.3, -0.25) is 0 Å². The van der Waals surface area contributed by atoms with E-state index in [0.29, 0.717) is 9.26 Å². The van der Waals surface area contributed by atoms with Crippen LogP contribution in [0, 0.1) is 22.1 Å². The largest absolute Gasteiger partial charge is 0.478 e. The van der Waals surface area contributed by atoms with Gasteiger partial charge in [-0.15, -0.1) is 0 Å². The molecule has 2 N–H and O–H groups in total. The molecule has 1 aromatic heterocycles. The lowest BCUT2D eigenvalue weighted by molar-refractivity contribution is 0.0697. The van der Waals surface area contributed by atoms with Crippen molar-refractivity contribution >= 4 is 50.9 Å². The summed E-state index contributed by atoms with van der Waals surface area (Å²) in [4.78, 5) is 11.4. The Hall–Kier alpha value is -2.23. The molecule has 5 nitrogen and oxygen atoms in total. The zero-order valence-electron chi connectivity index (χ0n) is 11.7. The number of benzene rings is 2. The Morgan fingerprint density at radius 1 is 1.35 bits per heavy atom. The van der Waals surface area contributed by atoms with Crippen molar-refractivity contribution in [2.75, 3.05) is 5.32 Å².